The molecule has 1 saturated heterocycles. The number of fused-ring (bicyclic) bond motifs is 1. The summed E-state index contributed by atoms with van der Waals surface area (Å²) in [6.45, 7) is 2.20. The van der Waals surface area contributed by atoms with Crippen molar-refractivity contribution in [2.45, 2.75) is 12.8 Å². The SMILES string of the molecule is c1ncc2c(n1)ncn2N1CCCC1. The summed E-state index contributed by atoms with van der Waals surface area (Å²) in [5.41, 5.74) is 1.77. The summed E-state index contributed by atoms with van der Waals surface area (Å²) >= 11 is 0. The third-order valence-electron chi connectivity index (χ3n) is 2.60. The van der Waals surface area contributed by atoms with Crippen molar-refractivity contribution in [3.63, 3.8) is 0 Å². The van der Waals surface area contributed by atoms with Crippen LogP contribution in [0.25, 0.3) is 11.2 Å². The summed E-state index contributed by atoms with van der Waals surface area (Å²) in [6.07, 6.45) is 7.68. The summed E-state index contributed by atoms with van der Waals surface area (Å²) < 4.78 is 2.06. The molecule has 1 fully saturated rings. The Labute approximate surface area is 81.4 Å². The van der Waals surface area contributed by atoms with Gasteiger partial charge in [0.25, 0.3) is 0 Å². The second-order valence-corrected chi connectivity index (χ2v) is 3.48. The van der Waals surface area contributed by atoms with Gasteiger partial charge >= 0.3 is 0 Å². The Morgan fingerprint density at radius 1 is 1.14 bits per heavy atom. The normalized spacial score (nSPS) is 16.7. The lowest BCUT2D eigenvalue weighted by atomic mass is 10.4. The minimum atomic E-state index is 0.770. The first kappa shape index (κ1) is 7.73. The maximum Gasteiger partial charge on any atom is 0.182 e. The molecule has 1 aliphatic heterocycles. The predicted octanol–water partition coefficient (Wildman–Crippen LogP) is 0.558. The smallest absolute Gasteiger partial charge is 0.182 e. The van der Waals surface area contributed by atoms with Crippen molar-refractivity contribution in [3.8, 4) is 0 Å². The lowest BCUT2D eigenvalue weighted by Crippen LogP contribution is -2.30. The number of rotatable bonds is 1. The molecule has 0 unspecified atom stereocenters. The second-order valence-electron chi connectivity index (χ2n) is 3.48. The van der Waals surface area contributed by atoms with E-state index in [-0.39, 0.29) is 0 Å². The van der Waals surface area contributed by atoms with Gasteiger partial charge in [-0.1, -0.05) is 0 Å². The van der Waals surface area contributed by atoms with Crippen molar-refractivity contribution in [2.75, 3.05) is 18.1 Å². The van der Waals surface area contributed by atoms with Gasteiger partial charge in [0.15, 0.2) is 5.65 Å². The average molecular weight is 189 g/mol. The van der Waals surface area contributed by atoms with Crippen LogP contribution in [0.1, 0.15) is 12.8 Å². The van der Waals surface area contributed by atoms with Gasteiger partial charge in [0, 0.05) is 13.1 Å². The van der Waals surface area contributed by atoms with Crippen LogP contribution in [0.4, 0.5) is 0 Å². The molecule has 14 heavy (non-hydrogen) atoms. The quantitative estimate of drug-likeness (QED) is 0.657. The fraction of sp³-hybridized carbons (Fsp3) is 0.444. The molecule has 3 rings (SSSR count). The predicted molar refractivity (Wildman–Crippen MR) is 52.5 cm³/mol. The van der Waals surface area contributed by atoms with Crippen LogP contribution in [0.2, 0.25) is 0 Å². The van der Waals surface area contributed by atoms with Crippen molar-refractivity contribution in [1.29, 1.82) is 0 Å². The van der Waals surface area contributed by atoms with Crippen LogP contribution in [-0.4, -0.2) is 32.7 Å². The third kappa shape index (κ3) is 1.05. The number of hydrogen-bond donors (Lipinski definition) is 0. The van der Waals surface area contributed by atoms with Gasteiger partial charge in [0.05, 0.1) is 6.20 Å². The Hall–Kier alpha value is -1.65. The minimum Gasteiger partial charge on any atom is -0.311 e. The highest BCUT2D eigenvalue weighted by Gasteiger charge is 2.14. The number of aromatic nitrogens is 4. The maximum atomic E-state index is 4.23. The monoisotopic (exact) mass is 189 g/mol. The maximum absolute atomic E-state index is 4.23. The van der Waals surface area contributed by atoms with E-state index in [1.54, 1.807) is 0 Å². The van der Waals surface area contributed by atoms with Gasteiger partial charge in [-0.05, 0) is 12.8 Å². The van der Waals surface area contributed by atoms with Crippen LogP contribution in [0.3, 0.4) is 0 Å². The number of nitrogens with zero attached hydrogens (tertiary/aromatic N) is 5. The molecular formula is C9H11N5. The van der Waals surface area contributed by atoms with Gasteiger partial charge < -0.3 is 5.01 Å². The van der Waals surface area contributed by atoms with Crippen molar-refractivity contribution < 1.29 is 0 Å². The lowest BCUT2D eigenvalue weighted by Gasteiger charge is -2.18. The van der Waals surface area contributed by atoms with Gasteiger partial charge in [-0.15, -0.1) is 0 Å². The van der Waals surface area contributed by atoms with E-state index >= 15 is 0 Å². The highest BCUT2D eigenvalue weighted by molar-refractivity contribution is 5.69. The van der Waals surface area contributed by atoms with Crippen LogP contribution in [-0.2, 0) is 0 Å². The second kappa shape index (κ2) is 2.94. The molecule has 0 atom stereocenters. The summed E-state index contributed by atoms with van der Waals surface area (Å²) in [4.78, 5) is 12.4. The summed E-state index contributed by atoms with van der Waals surface area (Å²) in [5, 5.41) is 2.28. The number of hydrogen-bond acceptors (Lipinski definition) is 4. The molecule has 72 valence electrons. The molecule has 0 bridgehead atoms. The molecule has 0 N–H and O–H groups in total. The molecule has 0 amide bonds. The number of imidazole rings is 1. The van der Waals surface area contributed by atoms with E-state index in [0.29, 0.717) is 0 Å². The molecule has 1 aliphatic rings. The molecule has 3 heterocycles. The molecule has 0 radical (unpaired) electrons. The standard InChI is InChI=1S/C9H11N5/c1-2-4-13(3-1)14-7-12-9-8(14)5-10-6-11-9/h5-7H,1-4H2. The molecule has 2 aromatic rings. The summed E-state index contributed by atoms with van der Waals surface area (Å²) in [6, 6.07) is 0. The van der Waals surface area contributed by atoms with Crippen LogP contribution >= 0.6 is 0 Å². The highest BCUT2D eigenvalue weighted by atomic mass is 15.6. The molecule has 2 aromatic heterocycles. The molecular weight excluding hydrogens is 178 g/mol. The lowest BCUT2D eigenvalue weighted by molar-refractivity contribution is 0.681. The Morgan fingerprint density at radius 3 is 2.86 bits per heavy atom. The molecule has 0 saturated carbocycles. The van der Waals surface area contributed by atoms with Crippen LogP contribution < -0.4 is 5.01 Å². The first-order valence-electron chi connectivity index (χ1n) is 4.83. The molecule has 5 nitrogen and oxygen atoms in total. The molecule has 0 aromatic carbocycles. The van der Waals surface area contributed by atoms with Gasteiger partial charge in [-0.3, -0.25) is 0 Å². The topological polar surface area (TPSA) is 46.8 Å². The van der Waals surface area contributed by atoms with Crippen molar-refractivity contribution in [3.05, 3.63) is 18.9 Å². The van der Waals surface area contributed by atoms with Gasteiger partial charge in [0.1, 0.15) is 18.2 Å². The van der Waals surface area contributed by atoms with Crippen molar-refractivity contribution in [2.24, 2.45) is 0 Å². The zero-order chi connectivity index (χ0) is 9.38. The largest absolute Gasteiger partial charge is 0.311 e. The molecule has 0 spiro atoms. The van der Waals surface area contributed by atoms with Gasteiger partial charge in [-0.2, -0.15) is 0 Å². The van der Waals surface area contributed by atoms with E-state index in [1.165, 1.54) is 19.2 Å². The molecule has 0 aliphatic carbocycles. The molecule has 5 heteroatoms. The van der Waals surface area contributed by atoms with Crippen molar-refractivity contribution >= 4 is 11.2 Å². The van der Waals surface area contributed by atoms with E-state index in [4.69, 9.17) is 0 Å². The van der Waals surface area contributed by atoms with E-state index < -0.39 is 0 Å². The van der Waals surface area contributed by atoms with E-state index in [0.717, 1.165) is 24.3 Å². The Kier molecular flexibility index (Phi) is 1.62. The zero-order valence-electron chi connectivity index (χ0n) is 7.80. The van der Waals surface area contributed by atoms with Gasteiger partial charge in [0.2, 0.25) is 0 Å². The fourth-order valence-electron chi connectivity index (χ4n) is 1.89. The van der Waals surface area contributed by atoms with Crippen molar-refractivity contribution in [1.82, 2.24) is 19.6 Å². The first-order chi connectivity index (χ1) is 6.95. The van der Waals surface area contributed by atoms with E-state index in [9.17, 15) is 0 Å². The highest BCUT2D eigenvalue weighted by Crippen LogP contribution is 2.12. The zero-order valence-corrected chi connectivity index (χ0v) is 7.80. The Bertz CT molecular complexity index is 443. The van der Waals surface area contributed by atoms with Crippen LogP contribution in [0, 0.1) is 0 Å². The summed E-state index contributed by atoms with van der Waals surface area (Å²) in [7, 11) is 0. The Balaban J connectivity index is 2.11. The summed E-state index contributed by atoms with van der Waals surface area (Å²) in [5.74, 6) is 0. The van der Waals surface area contributed by atoms with Crippen LogP contribution in [0.5, 0.6) is 0 Å². The van der Waals surface area contributed by atoms with E-state index in [1.807, 2.05) is 12.5 Å². The van der Waals surface area contributed by atoms with Crippen LogP contribution in [0.15, 0.2) is 18.9 Å². The Morgan fingerprint density at radius 2 is 2.00 bits per heavy atom. The average Bonchev–Trinajstić information content (AvgIpc) is 2.85. The van der Waals surface area contributed by atoms with E-state index in [2.05, 4.69) is 24.6 Å². The van der Waals surface area contributed by atoms with Gasteiger partial charge in [-0.25, -0.2) is 19.6 Å². The third-order valence-corrected chi connectivity index (χ3v) is 2.60. The minimum absolute atomic E-state index is 0.770. The first-order valence-corrected chi connectivity index (χ1v) is 4.83. The fourth-order valence-corrected chi connectivity index (χ4v) is 1.89.